The average Bonchev–Trinajstić information content (AvgIpc) is 3.62. The van der Waals surface area contributed by atoms with Crippen molar-refractivity contribution in [3.05, 3.63) is 175 Å². The predicted molar refractivity (Wildman–Crippen MR) is 243 cm³/mol. The number of phenolic OH excluding ortho intramolecular Hbond substituents is 1. The van der Waals surface area contributed by atoms with E-state index in [4.69, 9.17) is 19.4 Å². The Morgan fingerprint density at radius 2 is 1.15 bits per heavy atom. The zero-order valence-corrected chi connectivity index (χ0v) is 34.2. The molecule has 9 aromatic rings. The van der Waals surface area contributed by atoms with E-state index in [0.717, 1.165) is 50.4 Å². The molecule has 290 valence electrons. The Morgan fingerprint density at radius 1 is 0.525 bits per heavy atom. The lowest BCUT2D eigenvalue weighted by molar-refractivity contribution is 0.477. The van der Waals surface area contributed by atoms with Gasteiger partial charge in [-0.05, 0) is 111 Å². The van der Waals surface area contributed by atoms with Crippen LogP contribution in [0, 0.1) is 0 Å². The van der Waals surface area contributed by atoms with Crippen LogP contribution in [0.25, 0.3) is 67.0 Å². The molecule has 0 atom stereocenters. The van der Waals surface area contributed by atoms with Gasteiger partial charge in [0.25, 0.3) is 0 Å². The number of benzene rings is 6. The van der Waals surface area contributed by atoms with Crippen LogP contribution in [-0.4, -0.2) is 20.1 Å². The summed E-state index contributed by atoms with van der Waals surface area (Å²) in [6.45, 7) is 13.6. The molecule has 0 fully saturated rings. The number of phenols is 1. The standard InChI is InChI=1S/C53H46N4O2/c1-52(2,3)39-29-37(30-40(33-39)53(4,5)6)36-28-38(48-50-49(44-19-11-13-21-46(44)59-50)56-51(55-48)43-18-10-12-20-45(43)58)32-42(31-36)57(47-22-14-15-27-54-47)41-25-23-35(24-26-41)34-16-8-7-9-17-34/h7-33,58H,1-6H3. The number of pyridine rings is 1. The summed E-state index contributed by atoms with van der Waals surface area (Å²) in [7, 11) is 0. The van der Waals surface area contributed by atoms with Crippen LogP contribution in [0.1, 0.15) is 52.7 Å². The van der Waals surface area contributed by atoms with Crippen LogP contribution >= 0.6 is 0 Å². The Morgan fingerprint density at radius 3 is 1.85 bits per heavy atom. The fourth-order valence-electron chi connectivity index (χ4n) is 7.61. The second kappa shape index (κ2) is 14.7. The van der Waals surface area contributed by atoms with E-state index in [-0.39, 0.29) is 16.6 Å². The zero-order chi connectivity index (χ0) is 40.9. The van der Waals surface area contributed by atoms with Gasteiger partial charge in [0.2, 0.25) is 0 Å². The third kappa shape index (κ3) is 7.34. The van der Waals surface area contributed by atoms with Gasteiger partial charge in [0.15, 0.2) is 11.4 Å². The molecule has 9 rings (SSSR count). The minimum absolute atomic E-state index is 0.0867. The van der Waals surface area contributed by atoms with Crippen molar-refractivity contribution < 1.29 is 9.52 Å². The summed E-state index contributed by atoms with van der Waals surface area (Å²) in [5.74, 6) is 1.29. The van der Waals surface area contributed by atoms with Crippen LogP contribution in [0.2, 0.25) is 0 Å². The summed E-state index contributed by atoms with van der Waals surface area (Å²) in [6.07, 6.45) is 1.83. The molecule has 6 nitrogen and oxygen atoms in total. The molecule has 59 heavy (non-hydrogen) atoms. The van der Waals surface area contributed by atoms with Crippen LogP contribution in [0.3, 0.4) is 0 Å². The van der Waals surface area contributed by atoms with Crippen LogP contribution < -0.4 is 4.90 Å². The monoisotopic (exact) mass is 770 g/mol. The fourth-order valence-corrected chi connectivity index (χ4v) is 7.61. The first-order chi connectivity index (χ1) is 28.4. The number of rotatable bonds is 7. The predicted octanol–water partition coefficient (Wildman–Crippen LogP) is 14.2. The number of anilines is 3. The quantitative estimate of drug-likeness (QED) is 0.174. The maximum atomic E-state index is 11.1. The van der Waals surface area contributed by atoms with Crippen LogP contribution in [0.15, 0.2) is 168 Å². The van der Waals surface area contributed by atoms with Gasteiger partial charge in [0.05, 0.1) is 5.56 Å². The number of aromatic nitrogens is 3. The third-order valence-electron chi connectivity index (χ3n) is 10.9. The molecular weight excluding hydrogens is 725 g/mol. The number of nitrogens with zero attached hydrogens (tertiary/aromatic N) is 4. The fraction of sp³-hybridized carbons (Fsp3) is 0.151. The normalized spacial score (nSPS) is 12.0. The van der Waals surface area contributed by atoms with Crippen molar-refractivity contribution in [3.8, 4) is 50.6 Å². The Labute approximate surface area is 345 Å². The molecule has 0 saturated heterocycles. The summed E-state index contributed by atoms with van der Waals surface area (Å²) in [5, 5.41) is 12.0. The van der Waals surface area contributed by atoms with Gasteiger partial charge in [-0.15, -0.1) is 0 Å². The first kappa shape index (κ1) is 37.5. The molecule has 0 saturated carbocycles. The number of furan rings is 1. The molecule has 0 bridgehead atoms. The highest BCUT2D eigenvalue weighted by molar-refractivity contribution is 6.07. The molecule has 0 spiro atoms. The molecule has 3 aromatic heterocycles. The number of fused-ring (bicyclic) bond motifs is 3. The summed E-state index contributed by atoms with van der Waals surface area (Å²) in [5.41, 5.74) is 12.6. The maximum Gasteiger partial charge on any atom is 0.180 e. The molecule has 0 unspecified atom stereocenters. The van der Waals surface area contributed by atoms with Gasteiger partial charge in [0, 0.05) is 28.5 Å². The first-order valence-electron chi connectivity index (χ1n) is 20.1. The minimum atomic E-state index is -0.0867. The van der Waals surface area contributed by atoms with E-state index in [0.29, 0.717) is 33.8 Å². The van der Waals surface area contributed by atoms with Crippen molar-refractivity contribution in [2.75, 3.05) is 4.90 Å². The Kier molecular flexibility index (Phi) is 9.36. The van der Waals surface area contributed by atoms with E-state index in [2.05, 4.69) is 131 Å². The van der Waals surface area contributed by atoms with Crippen LogP contribution in [-0.2, 0) is 10.8 Å². The molecule has 0 aliphatic rings. The molecule has 3 heterocycles. The Bertz CT molecular complexity index is 2930. The van der Waals surface area contributed by atoms with Crippen molar-refractivity contribution in [2.24, 2.45) is 0 Å². The van der Waals surface area contributed by atoms with E-state index >= 15 is 0 Å². The van der Waals surface area contributed by atoms with E-state index in [1.165, 1.54) is 11.1 Å². The van der Waals surface area contributed by atoms with Gasteiger partial charge < -0.3 is 9.52 Å². The van der Waals surface area contributed by atoms with Gasteiger partial charge in [-0.1, -0.05) is 133 Å². The summed E-state index contributed by atoms with van der Waals surface area (Å²) >= 11 is 0. The highest BCUT2D eigenvalue weighted by Gasteiger charge is 2.25. The van der Waals surface area contributed by atoms with Crippen LogP contribution in [0.5, 0.6) is 5.75 Å². The molecule has 0 radical (unpaired) electrons. The Hall–Kier alpha value is -7.05. The molecule has 6 heteroatoms. The minimum Gasteiger partial charge on any atom is -0.507 e. The van der Waals surface area contributed by atoms with Gasteiger partial charge >= 0.3 is 0 Å². The largest absolute Gasteiger partial charge is 0.507 e. The number of para-hydroxylation sites is 2. The smallest absolute Gasteiger partial charge is 0.180 e. The van der Waals surface area contributed by atoms with Crippen LogP contribution in [0.4, 0.5) is 17.2 Å². The molecule has 0 aliphatic carbocycles. The summed E-state index contributed by atoms with van der Waals surface area (Å²) in [6, 6.07) is 53.8. The number of hydrogen-bond donors (Lipinski definition) is 1. The maximum absolute atomic E-state index is 11.1. The summed E-state index contributed by atoms with van der Waals surface area (Å²) < 4.78 is 6.64. The lowest BCUT2D eigenvalue weighted by atomic mass is 9.79. The third-order valence-corrected chi connectivity index (χ3v) is 10.9. The SMILES string of the molecule is CC(C)(C)c1cc(-c2cc(-c3nc(-c4ccccc4O)nc4c3oc3ccccc34)cc(N(c3ccc(-c4ccccc4)cc3)c3ccccn3)c2)cc(C(C)(C)C)c1. The van der Waals surface area contributed by atoms with Crippen molar-refractivity contribution in [1.82, 2.24) is 15.0 Å². The molecule has 1 N–H and O–H groups in total. The van der Waals surface area contributed by atoms with E-state index in [9.17, 15) is 5.11 Å². The lowest BCUT2D eigenvalue weighted by Gasteiger charge is -2.28. The van der Waals surface area contributed by atoms with Gasteiger partial charge in [-0.25, -0.2) is 15.0 Å². The number of aromatic hydroxyl groups is 1. The molecule has 0 aliphatic heterocycles. The first-order valence-corrected chi connectivity index (χ1v) is 20.1. The molecule has 6 aromatic carbocycles. The van der Waals surface area contributed by atoms with Crippen molar-refractivity contribution in [2.45, 2.75) is 52.4 Å². The van der Waals surface area contributed by atoms with E-state index in [1.54, 1.807) is 12.1 Å². The number of hydrogen-bond acceptors (Lipinski definition) is 6. The highest BCUT2D eigenvalue weighted by atomic mass is 16.3. The highest BCUT2D eigenvalue weighted by Crippen LogP contribution is 2.44. The van der Waals surface area contributed by atoms with Gasteiger partial charge in [0.1, 0.15) is 28.4 Å². The van der Waals surface area contributed by atoms with E-state index in [1.807, 2.05) is 66.9 Å². The lowest BCUT2D eigenvalue weighted by Crippen LogP contribution is -2.16. The van der Waals surface area contributed by atoms with Crippen molar-refractivity contribution in [1.29, 1.82) is 0 Å². The second-order valence-electron chi connectivity index (χ2n) is 17.2. The van der Waals surface area contributed by atoms with Crippen molar-refractivity contribution in [3.63, 3.8) is 0 Å². The van der Waals surface area contributed by atoms with E-state index < -0.39 is 0 Å². The average molecular weight is 771 g/mol. The summed E-state index contributed by atoms with van der Waals surface area (Å²) in [4.78, 5) is 17.4. The Balaban J connectivity index is 1.35. The molecule has 0 amide bonds. The van der Waals surface area contributed by atoms with Gasteiger partial charge in [-0.2, -0.15) is 0 Å². The zero-order valence-electron chi connectivity index (χ0n) is 34.2. The van der Waals surface area contributed by atoms with Gasteiger partial charge in [-0.3, -0.25) is 4.90 Å². The second-order valence-corrected chi connectivity index (χ2v) is 17.2. The van der Waals surface area contributed by atoms with Crippen molar-refractivity contribution >= 4 is 39.3 Å². The molecular formula is C53H46N4O2. The topological polar surface area (TPSA) is 75.3 Å².